The Balaban J connectivity index is 2.64. The van der Waals surface area contributed by atoms with E-state index < -0.39 is 0 Å². The van der Waals surface area contributed by atoms with Crippen molar-refractivity contribution in [2.45, 2.75) is 32.2 Å². The van der Waals surface area contributed by atoms with E-state index in [0.717, 1.165) is 18.5 Å². The summed E-state index contributed by atoms with van der Waals surface area (Å²) in [7, 11) is 0. The second kappa shape index (κ2) is 5.47. The molecule has 4 nitrogen and oxygen atoms in total. The van der Waals surface area contributed by atoms with Gasteiger partial charge in [0.25, 0.3) is 0 Å². The SMILES string of the molecule is CCC(N)(CC)CNc1ccnc(C#N)c1. The van der Waals surface area contributed by atoms with Gasteiger partial charge in [0.05, 0.1) is 0 Å². The Morgan fingerprint density at radius 2 is 2.19 bits per heavy atom. The molecule has 0 bridgehead atoms. The summed E-state index contributed by atoms with van der Waals surface area (Å²) in [6, 6.07) is 5.58. The number of pyridine rings is 1. The quantitative estimate of drug-likeness (QED) is 0.791. The lowest BCUT2D eigenvalue weighted by molar-refractivity contribution is 0.418. The van der Waals surface area contributed by atoms with Gasteiger partial charge in [-0.3, -0.25) is 0 Å². The van der Waals surface area contributed by atoms with Crippen LogP contribution in [0.5, 0.6) is 0 Å². The Hall–Kier alpha value is -1.60. The summed E-state index contributed by atoms with van der Waals surface area (Å²) in [6.07, 6.45) is 3.47. The summed E-state index contributed by atoms with van der Waals surface area (Å²) < 4.78 is 0. The van der Waals surface area contributed by atoms with E-state index in [1.54, 1.807) is 12.3 Å². The van der Waals surface area contributed by atoms with Gasteiger partial charge in [0.1, 0.15) is 11.8 Å². The zero-order chi connectivity index (χ0) is 12.0. The number of hydrogen-bond donors (Lipinski definition) is 2. The zero-order valence-corrected chi connectivity index (χ0v) is 9.83. The van der Waals surface area contributed by atoms with Crippen LogP contribution >= 0.6 is 0 Å². The molecule has 0 fully saturated rings. The third kappa shape index (κ3) is 3.21. The molecular formula is C12H18N4. The molecule has 1 aromatic heterocycles. The molecule has 16 heavy (non-hydrogen) atoms. The molecule has 0 aliphatic carbocycles. The lowest BCUT2D eigenvalue weighted by Crippen LogP contribution is -2.45. The van der Waals surface area contributed by atoms with E-state index in [2.05, 4.69) is 24.1 Å². The van der Waals surface area contributed by atoms with Crippen molar-refractivity contribution in [3.05, 3.63) is 24.0 Å². The summed E-state index contributed by atoms with van der Waals surface area (Å²) >= 11 is 0. The van der Waals surface area contributed by atoms with Crippen molar-refractivity contribution in [1.82, 2.24) is 4.98 Å². The first kappa shape index (κ1) is 12.5. The van der Waals surface area contributed by atoms with Gasteiger partial charge < -0.3 is 11.1 Å². The van der Waals surface area contributed by atoms with Crippen molar-refractivity contribution in [2.24, 2.45) is 5.73 Å². The fourth-order valence-electron chi connectivity index (χ4n) is 1.38. The number of nitrogens with one attached hydrogen (secondary N) is 1. The molecule has 4 heteroatoms. The van der Waals surface area contributed by atoms with Crippen molar-refractivity contribution in [2.75, 3.05) is 11.9 Å². The van der Waals surface area contributed by atoms with E-state index in [-0.39, 0.29) is 5.54 Å². The molecule has 1 rings (SSSR count). The normalized spacial score (nSPS) is 10.9. The molecule has 86 valence electrons. The van der Waals surface area contributed by atoms with Gasteiger partial charge in [-0.25, -0.2) is 4.98 Å². The van der Waals surface area contributed by atoms with Gasteiger partial charge in [0, 0.05) is 24.0 Å². The number of nitriles is 1. The van der Waals surface area contributed by atoms with Gasteiger partial charge >= 0.3 is 0 Å². The van der Waals surface area contributed by atoms with Gasteiger partial charge in [-0.2, -0.15) is 5.26 Å². The summed E-state index contributed by atoms with van der Waals surface area (Å²) in [4.78, 5) is 3.91. The molecule has 0 saturated carbocycles. The monoisotopic (exact) mass is 218 g/mol. The molecule has 0 radical (unpaired) electrons. The van der Waals surface area contributed by atoms with Crippen LogP contribution in [-0.2, 0) is 0 Å². The third-order valence-corrected chi connectivity index (χ3v) is 2.93. The van der Waals surface area contributed by atoms with Crippen LogP contribution in [0.3, 0.4) is 0 Å². The minimum absolute atomic E-state index is 0.184. The Labute approximate surface area is 96.5 Å². The largest absolute Gasteiger partial charge is 0.383 e. The Morgan fingerprint density at radius 1 is 1.50 bits per heavy atom. The molecule has 1 heterocycles. The van der Waals surface area contributed by atoms with Crippen LogP contribution in [0.4, 0.5) is 5.69 Å². The van der Waals surface area contributed by atoms with Crippen molar-refractivity contribution < 1.29 is 0 Å². The van der Waals surface area contributed by atoms with Crippen molar-refractivity contribution in [3.8, 4) is 6.07 Å². The Morgan fingerprint density at radius 3 is 2.75 bits per heavy atom. The topological polar surface area (TPSA) is 74.7 Å². The molecular weight excluding hydrogens is 200 g/mol. The van der Waals surface area contributed by atoms with Crippen molar-refractivity contribution in [3.63, 3.8) is 0 Å². The minimum atomic E-state index is -0.184. The average molecular weight is 218 g/mol. The number of anilines is 1. The van der Waals surface area contributed by atoms with Gasteiger partial charge in [-0.05, 0) is 25.0 Å². The smallest absolute Gasteiger partial charge is 0.142 e. The molecule has 0 atom stereocenters. The van der Waals surface area contributed by atoms with Crippen LogP contribution in [0.15, 0.2) is 18.3 Å². The first-order chi connectivity index (χ1) is 7.63. The van der Waals surface area contributed by atoms with Gasteiger partial charge in [-0.15, -0.1) is 0 Å². The number of rotatable bonds is 5. The number of nitrogens with two attached hydrogens (primary N) is 1. The molecule has 1 aromatic rings. The van der Waals surface area contributed by atoms with Gasteiger partial charge in [0.2, 0.25) is 0 Å². The maximum atomic E-state index is 8.72. The van der Waals surface area contributed by atoms with E-state index in [4.69, 9.17) is 11.0 Å². The molecule has 0 aliphatic rings. The second-order valence-corrected chi connectivity index (χ2v) is 3.96. The van der Waals surface area contributed by atoms with Gasteiger partial charge in [-0.1, -0.05) is 13.8 Å². The van der Waals surface area contributed by atoms with Gasteiger partial charge in [0.15, 0.2) is 0 Å². The zero-order valence-electron chi connectivity index (χ0n) is 9.83. The lowest BCUT2D eigenvalue weighted by atomic mass is 9.94. The maximum absolute atomic E-state index is 8.72. The molecule has 0 unspecified atom stereocenters. The molecule has 3 N–H and O–H groups in total. The highest BCUT2D eigenvalue weighted by atomic mass is 14.9. The van der Waals surface area contributed by atoms with Crippen LogP contribution in [-0.4, -0.2) is 17.1 Å². The average Bonchev–Trinajstić information content (AvgIpc) is 2.36. The fourth-order valence-corrected chi connectivity index (χ4v) is 1.38. The van der Waals surface area contributed by atoms with Crippen LogP contribution in [0.25, 0.3) is 0 Å². The molecule has 0 aromatic carbocycles. The summed E-state index contributed by atoms with van der Waals surface area (Å²) in [6.45, 7) is 4.87. The summed E-state index contributed by atoms with van der Waals surface area (Å²) in [5, 5.41) is 12.0. The maximum Gasteiger partial charge on any atom is 0.142 e. The first-order valence-corrected chi connectivity index (χ1v) is 5.52. The third-order valence-electron chi connectivity index (χ3n) is 2.93. The predicted octanol–water partition coefficient (Wildman–Crippen LogP) is 1.88. The fraction of sp³-hybridized carbons (Fsp3) is 0.500. The highest BCUT2D eigenvalue weighted by Crippen LogP contribution is 2.14. The van der Waals surface area contributed by atoms with E-state index in [1.165, 1.54) is 0 Å². The lowest BCUT2D eigenvalue weighted by Gasteiger charge is -2.27. The molecule has 0 aliphatic heterocycles. The highest BCUT2D eigenvalue weighted by molar-refractivity contribution is 5.46. The Bertz CT molecular complexity index is 377. The molecule has 0 saturated heterocycles. The second-order valence-electron chi connectivity index (χ2n) is 3.96. The molecule has 0 amide bonds. The number of nitrogens with zero attached hydrogens (tertiary/aromatic N) is 2. The summed E-state index contributed by atoms with van der Waals surface area (Å²) in [5.74, 6) is 0. The molecule has 0 spiro atoms. The highest BCUT2D eigenvalue weighted by Gasteiger charge is 2.19. The minimum Gasteiger partial charge on any atom is -0.383 e. The van der Waals surface area contributed by atoms with E-state index in [1.807, 2.05) is 12.1 Å². The van der Waals surface area contributed by atoms with E-state index >= 15 is 0 Å². The summed E-state index contributed by atoms with van der Waals surface area (Å²) in [5.41, 5.74) is 7.30. The first-order valence-electron chi connectivity index (χ1n) is 5.52. The van der Waals surface area contributed by atoms with Crippen LogP contribution in [0.2, 0.25) is 0 Å². The Kier molecular flexibility index (Phi) is 4.27. The number of aromatic nitrogens is 1. The number of hydrogen-bond acceptors (Lipinski definition) is 4. The van der Waals surface area contributed by atoms with Crippen LogP contribution in [0, 0.1) is 11.3 Å². The van der Waals surface area contributed by atoms with E-state index in [0.29, 0.717) is 12.2 Å². The van der Waals surface area contributed by atoms with Crippen LogP contribution < -0.4 is 11.1 Å². The van der Waals surface area contributed by atoms with E-state index in [9.17, 15) is 0 Å². The van der Waals surface area contributed by atoms with Crippen LogP contribution in [0.1, 0.15) is 32.4 Å². The standard InChI is InChI=1S/C12H18N4/c1-3-12(14,4-2)9-16-10-5-6-15-11(7-10)8-13/h5-7H,3-4,9,14H2,1-2H3,(H,15,16). The van der Waals surface area contributed by atoms with Crippen molar-refractivity contribution in [1.29, 1.82) is 5.26 Å². The predicted molar refractivity (Wildman–Crippen MR) is 64.9 cm³/mol. The van der Waals surface area contributed by atoms with Crippen molar-refractivity contribution >= 4 is 5.69 Å².